The second-order valence-corrected chi connectivity index (χ2v) is 8.08. The molecule has 0 aliphatic carbocycles. The van der Waals surface area contributed by atoms with Crippen LogP contribution in [0.3, 0.4) is 0 Å². The van der Waals surface area contributed by atoms with Crippen LogP contribution in [0.5, 0.6) is 0 Å². The van der Waals surface area contributed by atoms with Crippen molar-refractivity contribution in [1.29, 1.82) is 0 Å². The zero-order valence-electron chi connectivity index (χ0n) is 18.8. The van der Waals surface area contributed by atoms with Crippen molar-refractivity contribution in [1.82, 2.24) is 19.4 Å². The quantitative estimate of drug-likeness (QED) is 0.388. The maximum atomic E-state index is 12.8. The Morgan fingerprint density at radius 2 is 1.74 bits per heavy atom. The molecule has 0 atom stereocenters. The van der Waals surface area contributed by atoms with E-state index in [0.29, 0.717) is 11.4 Å². The van der Waals surface area contributed by atoms with Gasteiger partial charge in [-0.2, -0.15) is 5.10 Å². The molecule has 0 radical (unpaired) electrons. The van der Waals surface area contributed by atoms with E-state index in [1.54, 1.807) is 6.21 Å². The molecule has 6 nitrogen and oxygen atoms in total. The van der Waals surface area contributed by atoms with Gasteiger partial charge < -0.3 is 4.57 Å². The molecule has 1 aromatic carbocycles. The zero-order valence-corrected chi connectivity index (χ0v) is 18.8. The molecule has 1 amide bonds. The van der Waals surface area contributed by atoms with Crippen LogP contribution in [0.15, 0.2) is 47.7 Å². The number of aromatic nitrogens is 3. The number of fused-ring (bicyclic) bond motifs is 1. The molecule has 0 unspecified atom stereocenters. The first kappa shape index (κ1) is 20.6. The number of amides is 1. The number of nitrogens with zero attached hydrogens (tertiary/aromatic N) is 4. The molecule has 6 heteroatoms. The van der Waals surface area contributed by atoms with E-state index >= 15 is 0 Å². The molecule has 3 heterocycles. The number of hydrogen-bond donors (Lipinski definition) is 1. The van der Waals surface area contributed by atoms with Gasteiger partial charge in [0.1, 0.15) is 11.3 Å². The first-order chi connectivity index (χ1) is 14.8. The molecule has 0 fully saturated rings. The zero-order chi connectivity index (χ0) is 22.3. The summed E-state index contributed by atoms with van der Waals surface area (Å²) in [6.45, 7) is 12.2. The molecule has 0 saturated heterocycles. The summed E-state index contributed by atoms with van der Waals surface area (Å²) in [6.07, 6.45) is 3.61. The molecule has 4 aromatic rings. The smallest absolute Gasteiger partial charge is 0.290 e. The van der Waals surface area contributed by atoms with Crippen molar-refractivity contribution < 1.29 is 4.79 Å². The van der Waals surface area contributed by atoms with Gasteiger partial charge in [-0.25, -0.2) is 10.4 Å². The van der Waals surface area contributed by atoms with Gasteiger partial charge in [0.25, 0.3) is 5.91 Å². The van der Waals surface area contributed by atoms with E-state index in [-0.39, 0.29) is 5.91 Å². The summed E-state index contributed by atoms with van der Waals surface area (Å²) >= 11 is 0. The van der Waals surface area contributed by atoms with Gasteiger partial charge in [0.05, 0.1) is 17.6 Å². The van der Waals surface area contributed by atoms with Gasteiger partial charge in [0.15, 0.2) is 0 Å². The molecule has 31 heavy (non-hydrogen) atoms. The predicted molar refractivity (Wildman–Crippen MR) is 124 cm³/mol. The van der Waals surface area contributed by atoms with Crippen molar-refractivity contribution in [3.8, 4) is 5.69 Å². The fourth-order valence-electron chi connectivity index (χ4n) is 4.18. The molecule has 0 spiro atoms. The molecule has 4 rings (SSSR count). The fraction of sp³-hybridized carbons (Fsp3) is 0.240. The number of nitrogens with one attached hydrogen (secondary N) is 1. The van der Waals surface area contributed by atoms with Crippen molar-refractivity contribution in [2.45, 2.75) is 41.5 Å². The Kier molecular flexibility index (Phi) is 5.23. The monoisotopic (exact) mass is 413 g/mol. The van der Waals surface area contributed by atoms with Crippen molar-refractivity contribution in [2.24, 2.45) is 5.10 Å². The highest BCUT2D eigenvalue weighted by molar-refractivity contribution is 5.95. The van der Waals surface area contributed by atoms with Crippen LogP contribution in [-0.2, 0) is 0 Å². The molecule has 0 bridgehead atoms. The van der Waals surface area contributed by atoms with E-state index in [9.17, 15) is 4.79 Å². The normalized spacial score (nSPS) is 11.5. The lowest BCUT2D eigenvalue weighted by atomic mass is 10.1. The highest BCUT2D eigenvalue weighted by Crippen LogP contribution is 2.25. The van der Waals surface area contributed by atoms with Crippen molar-refractivity contribution in [2.75, 3.05) is 0 Å². The van der Waals surface area contributed by atoms with Crippen molar-refractivity contribution in [3.05, 3.63) is 87.6 Å². The second-order valence-electron chi connectivity index (χ2n) is 8.08. The molecular weight excluding hydrogens is 386 g/mol. The number of aryl methyl sites for hydroxylation is 5. The summed E-state index contributed by atoms with van der Waals surface area (Å²) in [6, 6.07) is 12.3. The lowest BCUT2D eigenvalue weighted by Gasteiger charge is -2.15. The third-order valence-corrected chi connectivity index (χ3v) is 5.66. The third kappa shape index (κ3) is 3.65. The SMILES string of the molecule is Cc1ccc2nc(C)c(C(=O)N/N=C\c3cc(C)n(-c4c(C)cccc4C)c3C)n2c1. The number of hydrazone groups is 1. The standard InChI is InChI=1S/C25H27N5O/c1-15-10-11-22-27-19(5)24(29(22)14-15)25(31)28-26-13-21-12-18(4)30(20(21)6)23-16(2)8-7-9-17(23)3/h7-14H,1-6H3,(H,28,31)/b26-13-. The number of carbonyl (C=O) groups is 1. The number of rotatable bonds is 4. The number of para-hydroxylation sites is 1. The molecule has 158 valence electrons. The van der Waals surface area contributed by atoms with Crippen LogP contribution in [0.25, 0.3) is 11.3 Å². The lowest BCUT2D eigenvalue weighted by Crippen LogP contribution is -2.20. The average Bonchev–Trinajstić information content (AvgIpc) is 3.17. The van der Waals surface area contributed by atoms with Crippen LogP contribution in [0.1, 0.15) is 49.8 Å². The Bertz CT molecular complexity index is 1320. The topological polar surface area (TPSA) is 63.7 Å². The Labute approximate surface area is 182 Å². The minimum atomic E-state index is -0.282. The molecule has 0 aliphatic rings. The predicted octanol–water partition coefficient (Wildman–Crippen LogP) is 4.74. The van der Waals surface area contributed by atoms with E-state index < -0.39 is 0 Å². The van der Waals surface area contributed by atoms with Crippen LogP contribution in [0.2, 0.25) is 0 Å². The maximum absolute atomic E-state index is 12.8. The van der Waals surface area contributed by atoms with Crippen molar-refractivity contribution in [3.63, 3.8) is 0 Å². The van der Waals surface area contributed by atoms with Gasteiger partial charge in [-0.3, -0.25) is 9.20 Å². The first-order valence-electron chi connectivity index (χ1n) is 10.3. The Morgan fingerprint density at radius 3 is 2.45 bits per heavy atom. The Hall–Kier alpha value is -3.67. The number of hydrogen-bond acceptors (Lipinski definition) is 3. The summed E-state index contributed by atoms with van der Waals surface area (Å²) in [5.41, 5.74) is 12.4. The van der Waals surface area contributed by atoms with E-state index in [2.05, 4.69) is 72.0 Å². The van der Waals surface area contributed by atoms with E-state index in [4.69, 9.17) is 0 Å². The van der Waals surface area contributed by atoms with Crippen LogP contribution in [0.4, 0.5) is 0 Å². The number of benzene rings is 1. The highest BCUT2D eigenvalue weighted by atomic mass is 16.2. The largest absolute Gasteiger partial charge is 0.317 e. The van der Waals surface area contributed by atoms with E-state index in [1.807, 2.05) is 36.6 Å². The van der Waals surface area contributed by atoms with Crippen LogP contribution >= 0.6 is 0 Å². The van der Waals surface area contributed by atoms with Gasteiger partial charge in [0.2, 0.25) is 0 Å². The Balaban J connectivity index is 1.62. The summed E-state index contributed by atoms with van der Waals surface area (Å²) in [4.78, 5) is 17.3. The number of imidazole rings is 1. The van der Waals surface area contributed by atoms with Crippen LogP contribution in [0, 0.1) is 41.5 Å². The number of pyridine rings is 1. The van der Waals surface area contributed by atoms with Crippen LogP contribution in [-0.4, -0.2) is 26.1 Å². The minimum absolute atomic E-state index is 0.282. The second kappa shape index (κ2) is 7.87. The Morgan fingerprint density at radius 1 is 1.03 bits per heavy atom. The maximum Gasteiger partial charge on any atom is 0.290 e. The van der Waals surface area contributed by atoms with Gasteiger partial charge >= 0.3 is 0 Å². The van der Waals surface area contributed by atoms with Crippen molar-refractivity contribution >= 4 is 17.8 Å². The summed E-state index contributed by atoms with van der Waals surface area (Å²) in [5.74, 6) is -0.282. The minimum Gasteiger partial charge on any atom is -0.317 e. The van der Waals surface area contributed by atoms with Gasteiger partial charge in [-0.1, -0.05) is 24.3 Å². The summed E-state index contributed by atoms with van der Waals surface area (Å²) < 4.78 is 4.05. The van der Waals surface area contributed by atoms with E-state index in [1.165, 1.54) is 16.8 Å². The molecule has 3 aromatic heterocycles. The summed E-state index contributed by atoms with van der Waals surface area (Å²) in [7, 11) is 0. The number of carbonyl (C=O) groups excluding carboxylic acids is 1. The fourth-order valence-corrected chi connectivity index (χ4v) is 4.18. The highest BCUT2D eigenvalue weighted by Gasteiger charge is 2.17. The molecule has 1 N–H and O–H groups in total. The van der Waals surface area contributed by atoms with Gasteiger partial charge in [-0.15, -0.1) is 0 Å². The summed E-state index contributed by atoms with van der Waals surface area (Å²) in [5, 5.41) is 4.24. The first-order valence-corrected chi connectivity index (χ1v) is 10.3. The van der Waals surface area contributed by atoms with Crippen LogP contribution < -0.4 is 5.43 Å². The van der Waals surface area contributed by atoms with Gasteiger partial charge in [0, 0.05) is 23.1 Å². The van der Waals surface area contributed by atoms with E-state index in [0.717, 1.165) is 28.2 Å². The van der Waals surface area contributed by atoms with Gasteiger partial charge in [-0.05, 0) is 70.4 Å². The molecule has 0 aliphatic heterocycles. The molecular formula is C25H27N5O. The lowest BCUT2D eigenvalue weighted by molar-refractivity contribution is 0.0948. The third-order valence-electron chi connectivity index (χ3n) is 5.66. The average molecular weight is 414 g/mol. The molecule has 0 saturated carbocycles.